The van der Waals surface area contributed by atoms with Crippen LogP contribution in [0.1, 0.15) is 51.7 Å². The van der Waals surface area contributed by atoms with Crippen LogP contribution in [0.15, 0.2) is 9.52 Å². The van der Waals surface area contributed by atoms with Crippen molar-refractivity contribution >= 4 is 5.96 Å². The lowest BCUT2D eigenvalue weighted by atomic mass is 9.58. The first-order chi connectivity index (χ1) is 11.1. The predicted octanol–water partition coefficient (Wildman–Crippen LogP) is 2.03. The minimum atomic E-state index is 0.175. The summed E-state index contributed by atoms with van der Waals surface area (Å²) in [5, 5.41) is 10.5. The number of hydrogen-bond acceptors (Lipinski definition) is 5. The molecular weight excluding hydrogens is 294 g/mol. The summed E-state index contributed by atoms with van der Waals surface area (Å²) in [6.07, 6.45) is 3.52. The van der Waals surface area contributed by atoms with Gasteiger partial charge < -0.3 is 19.9 Å². The minimum Gasteiger partial charge on any atom is -0.378 e. The Kier molecular flexibility index (Phi) is 5.98. The first kappa shape index (κ1) is 17.7. The predicted molar refractivity (Wildman–Crippen MR) is 89.2 cm³/mol. The van der Waals surface area contributed by atoms with Gasteiger partial charge in [0.05, 0.1) is 12.6 Å². The molecule has 1 fully saturated rings. The van der Waals surface area contributed by atoms with Crippen LogP contribution in [0.2, 0.25) is 0 Å². The van der Waals surface area contributed by atoms with E-state index < -0.39 is 0 Å². The Balaban J connectivity index is 1.93. The van der Waals surface area contributed by atoms with Crippen LogP contribution in [0, 0.1) is 12.3 Å². The fourth-order valence-corrected chi connectivity index (χ4v) is 3.51. The van der Waals surface area contributed by atoms with Crippen molar-refractivity contribution in [2.75, 3.05) is 13.7 Å². The Morgan fingerprint density at radius 3 is 2.65 bits per heavy atom. The van der Waals surface area contributed by atoms with E-state index in [4.69, 9.17) is 9.26 Å². The Bertz CT molecular complexity index is 524. The van der Waals surface area contributed by atoms with Crippen molar-refractivity contribution in [3.8, 4) is 0 Å². The van der Waals surface area contributed by atoms with Gasteiger partial charge in [-0.15, -0.1) is 0 Å². The van der Waals surface area contributed by atoms with E-state index in [2.05, 4.69) is 46.5 Å². The lowest BCUT2D eigenvalue weighted by molar-refractivity contribution is -0.133. The smallest absolute Gasteiger partial charge is 0.246 e. The van der Waals surface area contributed by atoms with Gasteiger partial charge in [-0.05, 0) is 33.1 Å². The monoisotopic (exact) mass is 323 g/mol. The van der Waals surface area contributed by atoms with Gasteiger partial charge in [0.25, 0.3) is 0 Å². The summed E-state index contributed by atoms with van der Waals surface area (Å²) in [5.41, 5.74) is 0.175. The lowest BCUT2D eigenvalue weighted by Crippen LogP contribution is -2.65. The molecule has 1 heterocycles. The number of aryl methyl sites for hydroxylation is 1. The normalized spacial score (nSPS) is 23.4. The summed E-state index contributed by atoms with van der Waals surface area (Å²) in [6, 6.07) is 0.365. The summed E-state index contributed by atoms with van der Waals surface area (Å²) in [5.74, 6) is 1.95. The Labute approximate surface area is 138 Å². The van der Waals surface area contributed by atoms with Gasteiger partial charge in [0.2, 0.25) is 5.89 Å². The third kappa shape index (κ3) is 3.65. The van der Waals surface area contributed by atoms with Gasteiger partial charge in [-0.3, -0.25) is 4.99 Å². The molecular formula is C16H29N5O2. The van der Waals surface area contributed by atoms with Crippen LogP contribution in [-0.4, -0.2) is 41.9 Å². The van der Waals surface area contributed by atoms with Gasteiger partial charge in [-0.25, -0.2) is 0 Å². The highest BCUT2D eigenvalue weighted by molar-refractivity contribution is 5.80. The summed E-state index contributed by atoms with van der Waals surface area (Å²) in [6.45, 7) is 9.57. The van der Waals surface area contributed by atoms with Gasteiger partial charge in [-0.1, -0.05) is 19.0 Å². The largest absolute Gasteiger partial charge is 0.378 e. The number of nitrogens with zero attached hydrogens (tertiary/aromatic N) is 3. The average Bonchev–Trinajstić information content (AvgIpc) is 2.96. The Hall–Kier alpha value is -1.63. The molecule has 1 aromatic heterocycles. The maximum Gasteiger partial charge on any atom is 0.246 e. The summed E-state index contributed by atoms with van der Waals surface area (Å²) < 4.78 is 11.0. The first-order valence-corrected chi connectivity index (χ1v) is 8.47. The SMILES string of the molecule is CCO[C@@H]1C[C@@H](NC(=NC)NCc2nc(C)no2)C1(CC)CC. The van der Waals surface area contributed by atoms with Gasteiger partial charge in [0.15, 0.2) is 11.8 Å². The number of guanidine groups is 1. The highest BCUT2D eigenvalue weighted by atomic mass is 16.5. The molecule has 1 aliphatic carbocycles. The highest BCUT2D eigenvalue weighted by Gasteiger charge is 2.53. The van der Waals surface area contributed by atoms with Gasteiger partial charge in [-0.2, -0.15) is 4.98 Å². The van der Waals surface area contributed by atoms with Crippen molar-refractivity contribution in [2.24, 2.45) is 10.4 Å². The molecule has 1 saturated carbocycles. The summed E-state index contributed by atoms with van der Waals surface area (Å²) >= 11 is 0. The maximum atomic E-state index is 5.92. The Morgan fingerprint density at radius 2 is 2.13 bits per heavy atom. The number of aliphatic imine (C=N–C) groups is 1. The second-order valence-corrected chi connectivity index (χ2v) is 5.98. The lowest BCUT2D eigenvalue weighted by Gasteiger charge is -2.55. The molecule has 7 nitrogen and oxygen atoms in total. The van der Waals surface area contributed by atoms with E-state index in [1.54, 1.807) is 14.0 Å². The van der Waals surface area contributed by atoms with Crippen molar-refractivity contribution in [2.45, 2.75) is 65.6 Å². The number of aromatic nitrogens is 2. The second-order valence-electron chi connectivity index (χ2n) is 5.98. The fraction of sp³-hybridized carbons (Fsp3) is 0.812. The Morgan fingerprint density at radius 1 is 1.39 bits per heavy atom. The quantitative estimate of drug-likeness (QED) is 0.590. The van der Waals surface area contributed by atoms with Crippen LogP contribution in [0.5, 0.6) is 0 Å². The second kappa shape index (κ2) is 7.77. The number of hydrogen-bond donors (Lipinski definition) is 2. The van der Waals surface area contributed by atoms with E-state index in [0.717, 1.165) is 31.8 Å². The molecule has 0 radical (unpaired) electrons. The molecule has 0 saturated heterocycles. The molecule has 0 spiro atoms. The molecule has 0 unspecified atom stereocenters. The summed E-state index contributed by atoms with van der Waals surface area (Å²) in [7, 11) is 1.77. The molecule has 0 bridgehead atoms. The van der Waals surface area contributed by atoms with E-state index in [1.807, 2.05) is 0 Å². The molecule has 7 heteroatoms. The van der Waals surface area contributed by atoms with Crippen LogP contribution >= 0.6 is 0 Å². The molecule has 0 aliphatic heterocycles. The standard InChI is InChI=1S/C16H29N5O2/c1-6-16(7-2)12(9-13(16)22-8-3)20-15(17-5)18-10-14-19-11(4)21-23-14/h12-13H,6-10H2,1-5H3,(H2,17,18,20)/t12-,13-/m1/s1. The molecule has 130 valence electrons. The van der Waals surface area contributed by atoms with Crippen molar-refractivity contribution in [3.05, 3.63) is 11.7 Å². The zero-order chi connectivity index (χ0) is 16.9. The van der Waals surface area contributed by atoms with Crippen molar-refractivity contribution in [3.63, 3.8) is 0 Å². The van der Waals surface area contributed by atoms with Crippen LogP contribution in [0.25, 0.3) is 0 Å². The van der Waals surface area contributed by atoms with Gasteiger partial charge >= 0.3 is 0 Å². The number of nitrogens with one attached hydrogen (secondary N) is 2. The van der Waals surface area contributed by atoms with Gasteiger partial charge in [0, 0.05) is 25.1 Å². The topological polar surface area (TPSA) is 84.6 Å². The molecule has 2 atom stereocenters. The first-order valence-electron chi connectivity index (χ1n) is 8.47. The molecule has 2 rings (SSSR count). The van der Waals surface area contributed by atoms with Crippen LogP contribution < -0.4 is 10.6 Å². The van der Waals surface area contributed by atoms with Crippen LogP contribution in [-0.2, 0) is 11.3 Å². The fourth-order valence-electron chi connectivity index (χ4n) is 3.51. The third-order valence-corrected chi connectivity index (χ3v) is 4.98. The zero-order valence-electron chi connectivity index (χ0n) is 14.8. The van der Waals surface area contributed by atoms with E-state index >= 15 is 0 Å². The van der Waals surface area contributed by atoms with Crippen molar-refractivity contribution < 1.29 is 9.26 Å². The molecule has 0 aromatic carbocycles. The van der Waals surface area contributed by atoms with E-state index in [0.29, 0.717) is 30.4 Å². The average molecular weight is 323 g/mol. The van der Waals surface area contributed by atoms with Crippen LogP contribution in [0.4, 0.5) is 0 Å². The third-order valence-electron chi connectivity index (χ3n) is 4.98. The van der Waals surface area contributed by atoms with E-state index in [-0.39, 0.29) is 5.41 Å². The van der Waals surface area contributed by atoms with Crippen molar-refractivity contribution in [1.29, 1.82) is 0 Å². The minimum absolute atomic E-state index is 0.175. The van der Waals surface area contributed by atoms with E-state index in [9.17, 15) is 0 Å². The number of rotatable bonds is 7. The van der Waals surface area contributed by atoms with Crippen LogP contribution in [0.3, 0.4) is 0 Å². The van der Waals surface area contributed by atoms with E-state index in [1.165, 1.54) is 0 Å². The number of ether oxygens (including phenoxy) is 1. The van der Waals surface area contributed by atoms with Gasteiger partial charge in [0.1, 0.15) is 0 Å². The molecule has 1 aliphatic rings. The summed E-state index contributed by atoms with van der Waals surface area (Å²) in [4.78, 5) is 8.49. The highest BCUT2D eigenvalue weighted by Crippen LogP contribution is 2.48. The maximum absolute atomic E-state index is 5.92. The molecule has 1 aromatic rings. The van der Waals surface area contributed by atoms with Crippen molar-refractivity contribution in [1.82, 2.24) is 20.8 Å². The zero-order valence-corrected chi connectivity index (χ0v) is 14.8. The molecule has 23 heavy (non-hydrogen) atoms. The molecule has 2 N–H and O–H groups in total. The molecule has 0 amide bonds.